The lowest BCUT2D eigenvalue weighted by Gasteiger charge is -2.30. The van der Waals surface area contributed by atoms with Gasteiger partial charge in [-0.2, -0.15) is 0 Å². The van der Waals surface area contributed by atoms with Crippen LogP contribution in [0.25, 0.3) is 0 Å². The Labute approximate surface area is 121 Å². The molecule has 0 saturated carbocycles. The summed E-state index contributed by atoms with van der Waals surface area (Å²) >= 11 is 6.29. The minimum Gasteiger partial charge on any atom is -0.354 e. The van der Waals surface area contributed by atoms with Crippen LogP contribution in [-0.4, -0.2) is 22.6 Å². The van der Waals surface area contributed by atoms with Crippen LogP contribution in [-0.2, 0) is 0 Å². The molecule has 19 heavy (non-hydrogen) atoms. The highest BCUT2D eigenvalue weighted by Gasteiger charge is 2.22. The van der Waals surface area contributed by atoms with Gasteiger partial charge in [-0.1, -0.05) is 38.3 Å². The van der Waals surface area contributed by atoms with E-state index < -0.39 is 0 Å². The molecule has 2 heterocycles. The SMILES string of the molecule is Cc1c(Cl)nc(C(C)C)nc1N1CCCCCC1C. The Bertz CT molecular complexity index is 445. The maximum Gasteiger partial charge on any atom is 0.137 e. The molecule has 3 nitrogen and oxygen atoms in total. The van der Waals surface area contributed by atoms with E-state index in [1.54, 1.807) is 0 Å². The van der Waals surface area contributed by atoms with Crippen LogP contribution in [0.5, 0.6) is 0 Å². The molecule has 0 bridgehead atoms. The predicted octanol–water partition coefficient (Wildman–Crippen LogP) is 4.33. The summed E-state index contributed by atoms with van der Waals surface area (Å²) in [6, 6.07) is 0.534. The van der Waals surface area contributed by atoms with Crippen molar-refractivity contribution in [2.45, 2.75) is 65.3 Å². The Morgan fingerprint density at radius 3 is 2.63 bits per heavy atom. The molecule has 2 rings (SSSR count). The molecule has 106 valence electrons. The van der Waals surface area contributed by atoms with E-state index in [0.717, 1.165) is 23.8 Å². The molecule has 1 aliphatic rings. The van der Waals surface area contributed by atoms with Crippen molar-refractivity contribution in [1.82, 2.24) is 9.97 Å². The van der Waals surface area contributed by atoms with E-state index in [0.29, 0.717) is 17.1 Å². The molecule has 1 fully saturated rings. The van der Waals surface area contributed by atoms with Gasteiger partial charge < -0.3 is 4.90 Å². The van der Waals surface area contributed by atoms with E-state index in [1.807, 2.05) is 6.92 Å². The third-order valence-corrected chi connectivity index (χ3v) is 4.29. The van der Waals surface area contributed by atoms with E-state index in [4.69, 9.17) is 16.6 Å². The topological polar surface area (TPSA) is 29.0 Å². The first-order chi connectivity index (χ1) is 9.00. The van der Waals surface area contributed by atoms with Gasteiger partial charge in [0.25, 0.3) is 0 Å². The summed E-state index contributed by atoms with van der Waals surface area (Å²) in [5.74, 6) is 2.19. The van der Waals surface area contributed by atoms with Gasteiger partial charge in [0, 0.05) is 24.1 Å². The maximum absolute atomic E-state index is 6.29. The monoisotopic (exact) mass is 281 g/mol. The molecule has 0 spiro atoms. The second-order valence-corrected chi connectivity index (χ2v) is 6.23. The van der Waals surface area contributed by atoms with E-state index in [2.05, 4.69) is 30.7 Å². The number of nitrogens with zero attached hydrogens (tertiary/aromatic N) is 3. The Morgan fingerprint density at radius 1 is 1.21 bits per heavy atom. The van der Waals surface area contributed by atoms with Gasteiger partial charge in [-0.3, -0.25) is 0 Å². The molecule has 1 aromatic rings. The van der Waals surface area contributed by atoms with Gasteiger partial charge in [0.2, 0.25) is 0 Å². The van der Waals surface area contributed by atoms with Crippen molar-refractivity contribution in [3.63, 3.8) is 0 Å². The van der Waals surface area contributed by atoms with Crippen molar-refractivity contribution in [2.75, 3.05) is 11.4 Å². The summed E-state index contributed by atoms with van der Waals surface area (Å²) < 4.78 is 0. The lowest BCUT2D eigenvalue weighted by Crippen LogP contribution is -2.34. The summed E-state index contributed by atoms with van der Waals surface area (Å²) in [4.78, 5) is 11.6. The van der Waals surface area contributed by atoms with E-state index in [9.17, 15) is 0 Å². The zero-order chi connectivity index (χ0) is 14.0. The quantitative estimate of drug-likeness (QED) is 0.756. The minimum atomic E-state index is 0.305. The number of hydrogen-bond acceptors (Lipinski definition) is 3. The number of rotatable bonds is 2. The molecule has 0 amide bonds. The number of aromatic nitrogens is 2. The molecular formula is C15H24ClN3. The highest BCUT2D eigenvalue weighted by molar-refractivity contribution is 6.30. The highest BCUT2D eigenvalue weighted by atomic mass is 35.5. The fourth-order valence-corrected chi connectivity index (χ4v) is 2.79. The second-order valence-electron chi connectivity index (χ2n) is 5.87. The van der Waals surface area contributed by atoms with E-state index in [-0.39, 0.29) is 0 Å². The average molecular weight is 282 g/mol. The summed E-state index contributed by atoms with van der Waals surface area (Å²) in [5.41, 5.74) is 1.01. The molecule has 1 atom stereocenters. The summed E-state index contributed by atoms with van der Waals surface area (Å²) in [6.45, 7) is 9.61. The Balaban J connectivity index is 2.41. The van der Waals surface area contributed by atoms with Crippen LogP contribution in [0.4, 0.5) is 5.82 Å². The third kappa shape index (κ3) is 3.19. The van der Waals surface area contributed by atoms with Gasteiger partial charge in [0.05, 0.1) is 0 Å². The standard InChI is InChI=1S/C15H24ClN3/c1-10(2)14-17-13(16)12(4)15(18-14)19-9-7-5-6-8-11(19)3/h10-11H,5-9H2,1-4H3. The largest absolute Gasteiger partial charge is 0.354 e. The van der Waals surface area contributed by atoms with Crippen molar-refractivity contribution in [2.24, 2.45) is 0 Å². The number of halogens is 1. The smallest absolute Gasteiger partial charge is 0.137 e. The fraction of sp³-hybridized carbons (Fsp3) is 0.733. The Morgan fingerprint density at radius 2 is 1.95 bits per heavy atom. The van der Waals surface area contributed by atoms with Crippen molar-refractivity contribution in [3.8, 4) is 0 Å². The molecule has 1 saturated heterocycles. The van der Waals surface area contributed by atoms with Crippen molar-refractivity contribution < 1.29 is 0 Å². The van der Waals surface area contributed by atoms with Crippen LogP contribution in [0.1, 0.15) is 63.8 Å². The van der Waals surface area contributed by atoms with Crippen LogP contribution in [0, 0.1) is 6.92 Å². The highest BCUT2D eigenvalue weighted by Crippen LogP contribution is 2.29. The molecular weight excluding hydrogens is 258 g/mol. The van der Waals surface area contributed by atoms with Gasteiger partial charge in [0.15, 0.2) is 0 Å². The van der Waals surface area contributed by atoms with Crippen LogP contribution in [0.2, 0.25) is 5.15 Å². The first-order valence-electron chi connectivity index (χ1n) is 7.31. The zero-order valence-electron chi connectivity index (χ0n) is 12.4. The van der Waals surface area contributed by atoms with Gasteiger partial charge in [-0.05, 0) is 26.7 Å². The number of hydrogen-bond donors (Lipinski definition) is 0. The van der Waals surface area contributed by atoms with Crippen molar-refractivity contribution in [3.05, 3.63) is 16.5 Å². The Hall–Kier alpha value is -0.830. The maximum atomic E-state index is 6.29. The summed E-state index contributed by atoms with van der Waals surface area (Å²) in [6.07, 6.45) is 5.10. The van der Waals surface area contributed by atoms with Gasteiger partial charge in [-0.15, -0.1) is 0 Å². The normalized spacial score (nSPS) is 20.7. The average Bonchev–Trinajstić information content (AvgIpc) is 2.57. The molecule has 1 aliphatic heterocycles. The summed E-state index contributed by atoms with van der Waals surface area (Å²) in [7, 11) is 0. The van der Waals surface area contributed by atoms with Crippen LogP contribution < -0.4 is 4.90 Å². The van der Waals surface area contributed by atoms with E-state index in [1.165, 1.54) is 25.7 Å². The second kappa shape index (κ2) is 6.08. The van der Waals surface area contributed by atoms with Gasteiger partial charge in [0.1, 0.15) is 16.8 Å². The molecule has 0 aliphatic carbocycles. The minimum absolute atomic E-state index is 0.305. The molecule has 0 aromatic carbocycles. The molecule has 1 unspecified atom stereocenters. The predicted molar refractivity (Wildman–Crippen MR) is 81.1 cm³/mol. The lowest BCUT2D eigenvalue weighted by molar-refractivity contribution is 0.606. The zero-order valence-corrected chi connectivity index (χ0v) is 13.2. The van der Waals surface area contributed by atoms with Crippen LogP contribution in [0.15, 0.2) is 0 Å². The third-order valence-electron chi connectivity index (χ3n) is 3.92. The van der Waals surface area contributed by atoms with Crippen molar-refractivity contribution in [1.29, 1.82) is 0 Å². The summed E-state index contributed by atoms with van der Waals surface area (Å²) in [5, 5.41) is 0.602. The van der Waals surface area contributed by atoms with Crippen molar-refractivity contribution >= 4 is 17.4 Å². The Kier molecular flexibility index (Phi) is 4.67. The first-order valence-corrected chi connectivity index (χ1v) is 7.69. The lowest BCUT2D eigenvalue weighted by atomic mass is 10.1. The molecule has 0 N–H and O–H groups in total. The molecule has 0 radical (unpaired) electrons. The van der Waals surface area contributed by atoms with Gasteiger partial charge >= 0.3 is 0 Å². The van der Waals surface area contributed by atoms with E-state index >= 15 is 0 Å². The van der Waals surface area contributed by atoms with Crippen LogP contribution in [0.3, 0.4) is 0 Å². The molecule has 4 heteroatoms. The first kappa shape index (κ1) is 14.6. The fourth-order valence-electron chi connectivity index (χ4n) is 2.62. The van der Waals surface area contributed by atoms with Crippen LogP contribution >= 0.6 is 11.6 Å². The number of anilines is 1. The molecule has 1 aromatic heterocycles. The van der Waals surface area contributed by atoms with Gasteiger partial charge in [-0.25, -0.2) is 9.97 Å².